The molecular weight excluding hydrogens is 435 g/mol. The molecule has 0 saturated carbocycles. The third kappa shape index (κ3) is 4.55. The topological polar surface area (TPSA) is 0 Å². The van der Waals surface area contributed by atoms with Gasteiger partial charge in [-0.05, 0) is 19.3 Å². The molecule has 0 N–H and O–H groups in total. The van der Waals surface area contributed by atoms with Crippen LogP contribution in [0.2, 0.25) is 13.1 Å². The van der Waals surface area contributed by atoms with Crippen LogP contribution in [0.25, 0.3) is 11.6 Å². The van der Waals surface area contributed by atoms with Crippen molar-refractivity contribution in [1.82, 2.24) is 0 Å². The fourth-order valence-corrected chi connectivity index (χ4v) is 5.26. The van der Waals surface area contributed by atoms with Crippen molar-refractivity contribution in [3.8, 4) is 0 Å². The molecule has 0 bridgehead atoms. The smallest absolute Gasteiger partial charge is 1.00 e. The quantitative estimate of drug-likeness (QED) is 0.364. The summed E-state index contributed by atoms with van der Waals surface area (Å²) in [7, 11) is -0.531. The molecule has 0 spiro atoms. The van der Waals surface area contributed by atoms with Crippen LogP contribution in [0.4, 0.5) is 0 Å². The maximum absolute atomic E-state index is 3.75. The Kier molecular flexibility index (Phi) is 9.86. The third-order valence-corrected chi connectivity index (χ3v) is 6.85. The number of hydrogen-bond acceptors (Lipinski definition) is 0. The summed E-state index contributed by atoms with van der Waals surface area (Å²) >= 11 is 0. The largest absolute Gasteiger partial charge is 3.00 e. The van der Waals surface area contributed by atoms with Gasteiger partial charge in [0.15, 0.2) is 0 Å². The van der Waals surface area contributed by atoms with Crippen molar-refractivity contribution in [3.63, 3.8) is 0 Å². The Labute approximate surface area is 197 Å². The number of rotatable bonds is 4. The molecule has 0 atom stereocenters. The van der Waals surface area contributed by atoms with Gasteiger partial charge in [0, 0.05) is 8.41 Å². The number of benzene rings is 2. The van der Waals surface area contributed by atoms with Gasteiger partial charge in [0.25, 0.3) is 0 Å². The van der Waals surface area contributed by atoms with E-state index < -0.39 is 8.41 Å². The maximum atomic E-state index is 3.75. The Morgan fingerprint density at radius 1 is 1.00 bits per heavy atom. The zero-order valence-corrected chi connectivity index (χ0v) is 20.8. The molecule has 0 fully saturated rings. The van der Waals surface area contributed by atoms with Crippen molar-refractivity contribution in [1.29, 1.82) is 0 Å². The van der Waals surface area contributed by atoms with Gasteiger partial charge in [-0.15, -0.1) is 33.4 Å². The van der Waals surface area contributed by atoms with Crippen LogP contribution in [0, 0.1) is 15.3 Å². The number of halogens is 2. The van der Waals surface area contributed by atoms with E-state index >= 15 is 0 Å². The molecule has 4 rings (SSSR count). The van der Waals surface area contributed by atoms with E-state index in [-0.39, 0.29) is 46.5 Å². The van der Waals surface area contributed by atoms with Crippen LogP contribution in [0.15, 0.2) is 54.1 Å². The van der Waals surface area contributed by atoms with Crippen molar-refractivity contribution in [2.45, 2.75) is 45.7 Å². The van der Waals surface area contributed by atoms with Crippen LogP contribution in [0.5, 0.6) is 0 Å². The van der Waals surface area contributed by atoms with Crippen molar-refractivity contribution in [3.05, 3.63) is 85.7 Å². The summed E-state index contributed by atoms with van der Waals surface area (Å²) in [5.41, 5.74) is 5.96. The van der Waals surface area contributed by atoms with E-state index in [0.29, 0.717) is 0 Å². The van der Waals surface area contributed by atoms with E-state index in [9.17, 15) is 0 Å². The number of unbranched alkanes of at least 4 members (excludes halogenated alkanes) is 1. The molecule has 2 aliphatic rings. The van der Waals surface area contributed by atoms with Gasteiger partial charge in [0.1, 0.15) is 0 Å². The molecule has 4 heteroatoms. The summed E-state index contributed by atoms with van der Waals surface area (Å²) in [6.45, 7) is 7.10. The van der Waals surface area contributed by atoms with Gasteiger partial charge in [0.05, 0.1) is 0 Å². The zero-order chi connectivity index (χ0) is 17.4. The average Bonchev–Trinajstić information content (AvgIpc) is 3.23. The summed E-state index contributed by atoms with van der Waals surface area (Å²) < 4.78 is 0. The average molecular weight is 460 g/mol. The second-order valence-corrected chi connectivity index (χ2v) is 9.83. The molecule has 2 aromatic carbocycles. The minimum absolute atomic E-state index is 0. The molecule has 0 heterocycles. The predicted octanol–water partition coefficient (Wildman–Crippen LogP) is -0.511. The zero-order valence-electron chi connectivity index (χ0n) is 16.7. The minimum atomic E-state index is -0.531. The molecular formula is C24H25Cl2SiTi. The molecule has 0 aliphatic heterocycles. The number of hydrogen-bond donors (Lipinski definition) is 0. The van der Waals surface area contributed by atoms with Gasteiger partial charge < -0.3 is 24.8 Å². The molecule has 143 valence electrons. The Bertz CT molecular complexity index is 1130. The normalized spacial score (nSPS) is 13.0. The second kappa shape index (κ2) is 10.9. The summed E-state index contributed by atoms with van der Waals surface area (Å²) in [5.74, 6) is 0. The van der Waals surface area contributed by atoms with E-state index in [1.165, 1.54) is 46.0 Å². The van der Waals surface area contributed by atoms with E-state index in [2.05, 4.69) is 74.6 Å². The van der Waals surface area contributed by atoms with Crippen LogP contribution in [-0.4, -0.2) is 8.41 Å². The third-order valence-electron chi connectivity index (χ3n) is 5.35. The van der Waals surface area contributed by atoms with Gasteiger partial charge in [0.2, 0.25) is 0 Å². The van der Waals surface area contributed by atoms with Crippen LogP contribution in [0.3, 0.4) is 0 Å². The maximum Gasteiger partial charge on any atom is 3.00 e. The first-order valence-electron chi connectivity index (χ1n) is 9.43. The second-order valence-electron chi connectivity index (χ2n) is 7.30. The Morgan fingerprint density at radius 3 is 2.46 bits per heavy atom. The minimum Gasteiger partial charge on any atom is -1.00 e. The first-order valence-corrected chi connectivity index (χ1v) is 11.9. The molecule has 0 saturated heterocycles. The summed E-state index contributed by atoms with van der Waals surface area (Å²) in [5, 5.41) is 3.96. The van der Waals surface area contributed by atoms with Crippen molar-refractivity contribution >= 4 is 20.1 Å². The molecule has 0 amide bonds. The molecule has 28 heavy (non-hydrogen) atoms. The van der Waals surface area contributed by atoms with Gasteiger partial charge in [-0.25, -0.2) is 0 Å². The fraction of sp³-hybridized carbons (Fsp3) is 0.292. The molecule has 1 radical (unpaired) electrons. The standard InChI is InChI=1S/C24H25Si.2ClH.Ti/c1-4-5-9-17-11-8-13-20(17)24-22-16-18-10-6-7-12-19(18)21(22)14-15-23(24)25(2)3;;;/h6-8,10-12,14-15H,4-5,9,13H2,1-3H3;2*1H;/q-1;;;+3/p-2. The fourth-order valence-electron chi connectivity index (χ4n) is 4.06. The van der Waals surface area contributed by atoms with Crippen LogP contribution in [-0.2, 0) is 21.7 Å². The predicted molar refractivity (Wildman–Crippen MR) is 109 cm³/mol. The SMILES string of the molecule is CCCCC1=C(c2c3c(ccc2=[Si](C)C)=c2ccccc2=[C-]3)CC=C1.[Cl-].[Cl-].[Ti+3]. The Morgan fingerprint density at radius 2 is 1.75 bits per heavy atom. The first-order chi connectivity index (χ1) is 12.2. The van der Waals surface area contributed by atoms with Gasteiger partial charge in [-0.2, -0.15) is 0 Å². The van der Waals surface area contributed by atoms with Crippen molar-refractivity contribution < 1.29 is 46.5 Å². The molecule has 0 unspecified atom stereocenters. The van der Waals surface area contributed by atoms with E-state index in [0.717, 1.165) is 6.42 Å². The number of fused-ring (bicyclic) bond motifs is 2. The Balaban J connectivity index is 0.00000131. The van der Waals surface area contributed by atoms with Crippen LogP contribution >= 0.6 is 0 Å². The van der Waals surface area contributed by atoms with Crippen LogP contribution in [0.1, 0.15) is 43.7 Å². The van der Waals surface area contributed by atoms with Gasteiger partial charge in [-0.3, -0.25) is 0 Å². The molecule has 0 aromatic heterocycles. The number of allylic oxidation sites excluding steroid dienone is 4. The summed E-state index contributed by atoms with van der Waals surface area (Å²) in [6, 6.07) is 13.4. The summed E-state index contributed by atoms with van der Waals surface area (Å²) in [6.07, 6.45) is 13.3. The molecule has 2 aromatic rings. The van der Waals surface area contributed by atoms with E-state index in [1.54, 1.807) is 16.0 Å². The van der Waals surface area contributed by atoms with Crippen LogP contribution < -0.4 is 30.0 Å². The van der Waals surface area contributed by atoms with E-state index in [1.807, 2.05) is 0 Å². The van der Waals surface area contributed by atoms with Gasteiger partial charge in [-0.1, -0.05) is 90.4 Å². The summed E-state index contributed by atoms with van der Waals surface area (Å²) in [4.78, 5) is 1.57. The van der Waals surface area contributed by atoms with E-state index in [4.69, 9.17) is 0 Å². The monoisotopic (exact) mass is 459 g/mol. The van der Waals surface area contributed by atoms with Crippen molar-refractivity contribution in [2.75, 3.05) is 0 Å². The van der Waals surface area contributed by atoms with Gasteiger partial charge >= 0.3 is 21.7 Å². The molecule has 2 aliphatic carbocycles. The Hall–Kier alpha value is -0.699. The molecule has 0 nitrogen and oxygen atoms in total. The first kappa shape index (κ1) is 25.3. The van der Waals surface area contributed by atoms with Crippen molar-refractivity contribution in [2.24, 2.45) is 0 Å².